The molecule has 3 nitrogen and oxygen atoms in total. The summed E-state index contributed by atoms with van der Waals surface area (Å²) in [5.74, 6) is 0.324. The Bertz CT molecular complexity index is 413. The van der Waals surface area contributed by atoms with Crippen molar-refractivity contribution in [3.05, 3.63) is 34.9 Å². The molecule has 0 N–H and O–H groups in total. The van der Waals surface area contributed by atoms with E-state index < -0.39 is 0 Å². The first kappa shape index (κ1) is 14.7. The van der Waals surface area contributed by atoms with Gasteiger partial charge in [0.1, 0.15) is 0 Å². The first-order valence-electron chi connectivity index (χ1n) is 6.28. The lowest BCUT2D eigenvalue weighted by molar-refractivity contribution is -0.141. The summed E-state index contributed by atoms with van der Waals surface area (Å²) in [6, 6.07) is 6.55. The summed E-state index contributed by atoms with van der Waals surface area (Å²) in [6.45, 7) is 7.56. The second-order valence-electron chi connectivity index (χ2n) is 5.09. The monoisotopic (exact) mass is 249 g/mol. The lowest BCUT2D eigenvalue weighted by Crippen LogP contribution is -2.26. The van der Waals surface area contributed by atoms with Gasteiger partial charge in [0.2, 0.25) is 0 Å². The minimum atomic E-state index is -0.199. The van der Waals surface area contributed by atoms with E-state index in [4.69, 9.17) is 0 Å². The number of ether oxygens (including phenoxy) is 1. The van der Waals surface area contributed by atoms with Crippen molar-refractivity contribution in [1.82, 2.24) is 4.90 Å². The fourth-order valence-electron chi connectivity index (χ4n) is 1.85. The van der Waals surface area contributed by atoms with E-state index in [1.54, 1.807) is 0 Å². The van der Waals surface area contributed by atoms with Gasteiger partial charge in [-0.25, -0.2) is 0 Å². The van der Waals surface area contributed by atoms with E-state index in [1.807, 2.05) is 11.9 Å². The van der Waals surface area contributed by atoms with Gasteiger partial charge in [-0.1, -0.05) is 32.0 Å². The first-order chi connectivity index (χ1) is 8.43. The van der Waals surface area contributed by atoms with Crippen molar-refractivity contribution in [1.29, 1.82) is 0 Å². The number of benzene rings is 1. The minimum absolute atomic E-state index is 0.199. The molecule has 0 fully saturated rings. The summed E-state index contributed by atoms with van der Waals surface area (Å²) in [7, 11) is 3.35. The number of likely N-dealkylation sites (N-methyl/N-ethyl adjacent to an activating group) is 1. The molecule has 0 saturated carbocycles. The number of hydrogen-bond acceptors (Lipinski definition) is 3. The molecule has 0 amide bonds. The van der Waals surface area contributed by atoms with Crippen molar-refractivity contribution in [3.63, 3.8) is 0 Å². The summed E-state index contributed by atoms with van der Waals surface area (Å²) in [5.41, 5.74) is 3.87. The summed E-state index contributed by atoms with van der Waals surface area (Å²) in [4.78, 5) is 13.2. The highest BCUT2D eigenvalue weighted by Crippen LogP contribution is 2.19. The van der Waals surface area contributed by atoms with Crippen LogP contribution in [0.4, 0.5) is 0 Å². The van der Waals surface area contributed by atoms with E-state index >= 15 is 0 Å². The van der Waals surface area contributed by atoms with Gasteiger partial charge < -0.3 is 4.74 Å². The Morgan fingerprint density at radius 2 is 2.06 bits per heavy atom. The van der Waals surface area contributed by atoms with Crippen LogP contribution in [0, 0.1) is 6.92 Å². The molecular formula is C15H23NO2. The molecule has 0 aliphatic carbocycles. The summed E-state index contributed by atoms with van der Waals surface area (Å²) in [6.07, 6.45) is 0. The van der Waals surface area contributed by atoms with E-state index in [9.17, 15) is 4.79 Å². The van der Waals surface area contributed by atoms with Crippen molar-refractivity contribution in [2.24, 2.45) is 0 Å². The molecule has 3 heteroatoms. The van der Waals surface area contributed by atoms with Crippen LogP contribution in [0.3, 0.4) is 0 Å². The van der Waals surface area contributed by atoms with Crippen LogP contribution in [0.1, 0.15) is 36.5 Å². The lowest BCUT2D eigenvalue weighted by Gasteiger charge is -2.18. The molecular weight excluding hydrogens is 226 g/mol. The zero-order valence-electron chi connectivity index (χ0n) is 12.0. The Morgan fingerprint density at radius 1 is 1.39 bits per heavy atom. The number of carbonyl (C=O) groups is 1. The highest BCUT2D eigenvalue weighted by atomic mass is 16.5. The van der Waals surface area contributed by atoms with Crippen molar-refractivity contribution in [3.8, 4) is 0 Å². The number of rotatable bonds is 5. The summed E-state index contributed by atoms with van der Waals surface area (Å²) < 4.78 is 4.67. The predicted octanol–water partition coefficient (Wildman–Crippen LogP) is 2.72. The highest BCUT2D eigenvalue weighted by molar-refractivity contribution is 5.71. The van der Waals surface area contributed by atoms with Crippen molar-refractivity contribution in [2.75, 3.05) is 20.7 Å². The minimum Gasteiger partial charge on any atom is -0.468 e. The molecule has 0 spiro atoms. The molecule has 0 aromatic heterocycles. The van der Waals surface area contributed by atoms with Crippen LogP contribution in [-0.4, -0.2) is 31.6 Å². The zero-order chi connectivity index (χ0) is 13.7. The van der Waals surface area contributed by atoms with Crippen LogP contribution < -0.4 is 0 Å². The predicted molar refractivity (Wildman–Crippen MR) is 73.6 cm³/mol. The maximum Gasteiger partial charge on any atom is 0.319 e. The highest BCUT2D eigenvalue weighted by Gasteiger charge is 2.09. The second kappa shape index (κ2) is 6.55. The Morgan fingerprint density at radius 3 is 2.61 bits per heavy atom. The van der Waals surface area contributed by atoms with E-state index in [2.05, 4.69) is 43.7 Å². The fourth-order valence-corrected chi connectivity index (χ4v) is 1.85. The molecule has 0 aliphatic heterocycles. The Balaban J connectivity index is 2.76. The molecule has 0 radical (unpaired) electrons. The molecule has 0 saturated heterocycles. The van der Waals surface area contributed by atoms with Crippen LogP contribution >= 0.6 is 0 Å². The maximum atomic E-state index is 11.2. The molecule has 1 aromatic carbocycles. The molecule has 0 aliphatic rings. The van der Waals surface area contributed by atoms with E-state index in [0.717, 1.165) is 6.54 Å². The van der Waals surface area contributed by atoms with Gasteiger partial charge in [-0.15, -0.1) is 0 Å². The molecule has 0 bridgehead atoms. The SMILES string of the molecule is COC(=O)CN(C)Cc1cc(C(C)C)ccc1C. The third-order valence-corrected chi connectivity index (χ3v) is 3.11. The molecule has 1 rings (SSSR count). The van der Waals surface area contributed by atoms with E-state index in [1.165, 1.54) is 23.8 Å². The number of hydrogen-bond donors (Lipinski definition) is 0. The topological polar surface area (TPSA) is 29.5 Å². The fraction of sp³-hybridized carbons (Fsp3) is 0.533. The number of methoxy groups -OCH3 is 1. The average molecular weight is 249 g/mol. The molecule has 0 unspecified atom stereocenters. The molecule has 1 aromatic rings. The van der Waals surface area contributed by atoms with Gasteiger partial charge in [0.25, 0.3) is 0 Å². The van der Waals surface area contributed by atoms with Gasteiger partial charge in [0, 0.05) is 6.54 Å². The second-order valence-corrected chi connectivity index (χ2v) is 5.09. The number of nitrogens with zero attached hydrogens (tertiary/aromatic N) is 1. The quantitative estimate of drug-likeness (QED) is 0.751. The number of aryl methyl sites for hydroxylation is 1. The maximum absolute atomic E-state index is 11.2. The van der Waals surface area contributed by atoms with Gasteiger partial charge >= 0.3 is 5.97 Å². The summed E-state index contributed by atoms with van der Waals surface area (Å²) in [5, 5.41) is 0. The van der Waals surface area contributed by atoms with Crippen molar-refractivity contribution in [2.45, 2.75) is 33.2 Å². The number of carbonyl (C=O) groups excluding carboxylic acids is 1. The molecule has 100 valence electrons. The van der Waals surface area contributed by atoms with E-state index in [0.29, 0.717) is 12.5 Å². The Kier molecular flexibility index (Phi) is 5.35. The molecule has 0 heterocycles. The Labute approximate surface area is 110 Å². The third-order valence-electron chi connectivity index (χ3n) is 3.11. The van der Waals surface area contributed by atoms with Gasteiger partial charge in [-0.2, -0.15) is 0 Å². The van der Waals surface area contributed by atoms with Gasteiger partial charge in [0.05, 0.1) is 13.7 Å². The van der Waals surface area contributed by atoms with Crippen LogP contribution in [0.5, 0.6) is 0 Å². The standard InChI is InChI=1S/C15H23NO2/c1-11(2)13-7-6-12(3)14(8-13)9-16(4)10-15(17)18-5/h6-8,11H,9-10H2,1-5H3. The number of esters is 1. The Hall–Kier alpha value is -1.35. The van der Waals surface area contributed by atoms with Crippen LogP contribution in [0.25, 0.3) is 0 Å². The van der Waals surface area contributed by atoms with Crippen LogP contribution in [0.2, 0.25) is 0 Å². The molecule has 18 heavy (non-hydrogen) atoms. The average Bonchev–Trinajstić information content (AvgIpc) is 2.31. The van der Waals surface area contributed by atoms with E-state index in [-0.39, 0.29) is 5.97 Å². The first-order valence-corrected chi connectivity index (χ1v) is 6.28. The largest absolute Gasteiger partial charge is 0.468 e. The van der Waals surface area contributed by atoms with Crippen molar-refractivity contribution < 1.29 is 9.53 Å². The lowest BCUT2D eigenvalue weighted by atomic mass is 9.97. The third kappa shape index (κ3) is 4.15. The van der Waals surface area contributed by atoms with Gasteiger partial charge in [-0.3, -0.25) is 9.69 Å². The summed E-state index contributed by atoms with van der Waals surface area (Å²) >= 11 is 0. The normalized spacial score (nSPS) is 11.1. The molecule has 0 atom stereocenters. The smallest absolute Gasteiger partial charge is 0.319 e. The van der Waals surface area contributed by atoms with Gasteiger partial charge in [0.15, 0.2) is 0 Å². The van der Waals surface area contributed by atoms with Gasteiger partial charge in [-0.05, 0) is 36.6 Å². The zero-order valence-corrected chi connectivity index (χ0v) is 12.0. The van der Waals surface area contributed by atoms with Crippen LogP contribution in [-0.2, 0) is 16.1 Å². The van der Waals surface area contributed by atoms with Crippen LogP contribution in [0.15, 0.2) is 18.2 Å². The van der Waals surface area contributed by atoms with Crippen molar-refractivity contribution >= 4 is 5.97 Å².